The van der Waals surface area contributed by atoms with Crippen LogP contribution in [0.2, 0.25) is 15.1 Å². The Balaban J connectivity index is 1.76. The summed E-state index contributed by atoms with van der Waals surface area (Å²) in [5, 5.41) is 6.79. The highest BCUT2D eigenvalue weighted by Gasteiger charge is 2.30. The fraction of sp³-hybridized carbons (Fsp3) is 0.167. The maximum atomic E-state index is 12.9. The predicted molar refractivity (Wildman–Crippen MR) is 156 cm³/mol. The molecule has 4 rings (SSSR count). The minimum Gasteiger partial charge on any atom is -0.375 e. The molecule has 3 aromatic carbocycles. The second-order valence-electron chi connectivity index (χ2n) is 9.09. The first kappa shape index (κ1) is 31.3. The number of methoxy groups -OCH3 is 1. The number of ether oxygens (including phenoxy) is 1. The molecule has 0 spiro atoms. The van der Waals surface area contributed by atoms with E-state index in [4.69, 9.17) is 44.5 Å². The lowest BCUT2D eigenvalue weighted by Gasteiger charge is -2.18. The number of rotatable bonds is 9. The lowest BCUT2D eigenvalue weighted by atomic mass is 9.96. The molecule has 0 aliphatic heterocycles. The van der Waals surface area contributed by atoms with Crippen molar-refractivity contribution in [3.8, 4) is 22.4 Å². The normalized spacial score (nSPS) is 11.3. The lowest BCUT2D eigenvalue weighted by molar-refractivity contribution is -0.137. The molecular weight excluding hydrogens is 614 g/mol. The zero-order valence-corrected chi connectivity index (χ0v) is 24.3. The number of amides is 2. The summed E-state index contributed by atoms with van der Waals surface area (Å²) in [5.41, 5.74) is 2.63. The van der Waals surface area contributed by atoms with Gasteiger partial charge in [-0.2, -0.15) is 13.2 Å². The third kappa shape index (κ3) is 7.80. The van der Waals surface area contributed by atoms with E-state index < -0.39 is 17.6 Å². The van der Waals surface area contributed by atoms with Crippen molar-refractivity contribution in [1.82, 2.24) is 15.6 Å². The number of alkyl halides is 3. The molecule has 12 heteroatoms. The number of hydrogen-bond donors (Lipinski definition) is 2. The molecule has 6 nitrogen and oxygen atoms in total. The van der Waals surface area contributed by atoms with Crippen molar-refractivity contribution < 1.29 is 27.5 Å². The van der Waals surface area contributed by atoms with Gasteiger partial charge in [0.25, 0.3) is 5.91 Å². The quantitative estimate of drug-likeness (QED) is 0.198. The summed E-state index contributed by atoms with van der Waals surface area (Å²) in [4.78, 5) is 29.9. The summed E-state index contributed by atoms with van der Waals surface area (Å²) in [6, 6.07) is 17.7. The van der Waals surface area contributed by atoms with E-state index in [0.717, 1.165) is 24.3 Å². The molecule has 0 saturated heterocycles. The van der Waals surface area contributed by atoms with Crippen molar-refractivity contribution >= 4 is 46.6 Å². The summed E-state index contributed by atoms with van der Waals surface area (Å²) in [6.45, 7) is -0.215. The van der Waals surface area contributed by atoms with Crippen LogP contribution in [0.4, 0.5) is 13.2 Å². The Kier molecular flexibility index (Phi) is 10.1. The van der Waals surface area contributed by atoms with Gasteiger partial charge in [-0.3, -0.25) is 9.59 Å². The lowest BCUT2D eigenvalue weighted by Crippen LogP contribution is -2.29. The maximum absolute atomic E-state index is 12.9. The van der Waals surface area contributed by atoms with Crippen LogP contribution in [0.1, 0.15) is 27.2 Å². The largest absolute Gasteiger partial charge is 0.416 e. The fourth-order valence-corrected chi connectivity index (χ4v) is 4.73. The second-order valence-corrected chi connectivity index (χ2v) is 10.4. The van der Waals surface area contributed by atoms with E-state index in [9.17, 15) is 22.8 Å². The van der Waals surface area contributed by atoms with E-state index in [2.05, 4.69) is 10.6 Å². The fourth-order valence-electron chi connectivity index (χ4n) is 4.09. The van der Waals surface area contributed by atoms with Crippen LogP contribution in [0.25, 0.3) is 22.4 Å². The molecule has 4 aromatic rings. The smallest absolute Gasteiger partial charge is 0.375 e. The Bertz CT molecular complexity index is 1600. The van der Waals surface area contributed by atoms with Crippen LogP contribution in [0.5, 0.6) is 0 Å². The van der Waals surface area contributed by atoms with Gasteiger partial charge >= 0.3 is 6.18 Å². The number of benzene rings is 3. The van der Waals surface area contributed by atoms with Gasteiger partial charge in [-0.25, -0.2) is 4.98 Å². The highest BCUT2D eigenvalue weighted by atomic mass is 35.5. The molecule has 0 atom stereocenters. The molecule has 0 saturated carbocycles. The van der Waals surface area contributed by atoms with Gasteiger partial charge in [0.2, 0.25) is 5.91 Å². The van der Waals surface area contributed by atoms with Crippen LogP contribution in [0.3, 0.4) is 0 Å². The topological polar surface area (TPSA) is 80.3 Å². The highest BCUT2D eigenvalue weighted by molar-refractivity contribution is 6.36. The van der Waals surface area contributed by atoms with E-state index >= 15 is 0 Å². The first-order chi connectivity index (χ1) is 20.0. The van der Waals surface area contributed by atoms with Crippen molar-refractivity contribution in [3.63, 3.8) is 0 Å². The van der Waals surface area contributed by atoms with Crippen LogP contribution in [0.15, 0.2) is 72.8 Å². The number of aromatic nitrogens is 1. The van der Waals surface area contributed by atoms with E-state index in [1.807, 2.05) is 0 Å². The molecule has 0 aliphatic rings. The van der Waals surface area contributed by atoms with Gasteiger partial charge in [-0.15, -0.1) is 0 Å². The van der Waals surface area contributed by atoms with Gasteiger partial charge in [-0.1, -0.05) is 53.0 Å². The first-order valence-corrected chi connectivity index (χ1v) is 13.5. The van der Waals surface area contributed by atoms with E-state index in [1.54, 1.807) is 48.5 Å². The Hall–Kier alpha value is -3.63. The molecule has 1 heterocycles. The van der Waals surface area contributed by atoms with Crippen LogP contribution >= 0.6 is 34.8 Å². The van der Waals surface area contributed by atoms with E-state index in [0.29, 0.717) is 48.7 Å². The molecule has 0 radical (unpaired) electrons. The summed E-state index contributed by atoms with van der Waals surface area (Å²) in [5.74, 6) is -0.970. The second kappa shape index (κ2) is 13.6. The highest BCUT2D eigenvalue weighted by Crippen LogP contribution is 2.38. The molecule has 2 N–H and O–H groups in total. The predicted octanol–water partition coefficient (Wildman–Crippen LogP) is 7.59. The first-order valence-electron chi connectivity index (χ1n) is 12.4. The third-order valence-electron chi connectivity index (χ3n) is 6.17. The number of carbonyl (C=O) groups excluding carboxylic acids is 2. The molecule has 0 unspecified atom stereocenters. The van der Waals surface area contributed by atoms with Crippen molar-refractivity contribution in [2.75, 3.05) is 13.7 Å². The molecule has 42 heavy (non-hydrogen) atoms. The van der Waals surface area contributed by atoms with Gasteiger partial charge in [0.05, 0.1) is 23.5 Å². The maximum Gasteiger partial charge on any atom is 0.416 e. The number of halogens is 6. The van der Waals surface area contributed by atoms with Crippen molar-refractivity contribution in [1.29, 1.82) is 0 Å². The minimum absolute atomic E-state index is 0.00287. The number of carbonyl (C=O) groups is 2. The summed E-state index contributed by atoms with van der Waals surface area (Å²) in [6.07, 6.45) is -4.52. The molecular formula is C30H23Cl3F3N3O3. The molecule has 218 valence electrons. The Morgan fingerprint density at radius 3 is 2.12 bits per heavy atom. The van der Waals surface area contributed by atoms with Crippen LogP contribution in [-0.2, 0) is 28.8 Å². The van der Waals surface area contributed by atoms with Crippen molar-refractivity contribution in [3.05, 3.63) is 110 Å². The van der Waals surface area contributed by atoms with E-state index in [-0.39, 0.29) is 31.2 Å². The van der Waals surface area contributed by atoms with Crippen LogP contribution in [0, 0.1) is 0 Å². The molecule has 2 amide bonds. The summed E-state index contributed by atoms with van der Waals surface area (Å²) >= 11 is 18.8. The number of pyridine rings is 1. The molecule has 0 fully saturated rings. The molecule has 0 aliphatic carbocycles. The van der Waals surface area contributed by atoms with Gasteiger partial charge in [0.1, 0.15) is 6.61 Å². The van der Waals surface area contributed by atoms with Gasteiger partial charge in [-0.05, 0) is 60.2 Å². The van der Waals surface area contributed by atoms with E-state index in [1.165, 1.54) is 7.11 Å². The SMILES string of the molecule is COCC(=O)NCc1nc(-c2ccc(Cl)cc2)c(-c2ccc(Cl)cc2Cl)cc1CNC(=O)c1ccc(C(F)(F)F)cc1. The summed E-state index contributed by atoms with van der Waals surface area (Å²) in [7, 11) is 1.39. The Morgan fingerprint density at radius 2 is 1.50 bits per heavy atom. The van der Waals surface area contributed by atoms with Crippen LogP contribution in [-0.4, -0.2) is 30.5 Å². The minimum atomic E-state index is -4.52. The summed E-state index contributed by atoms with van der Waals surface area (Å²) < 4.78 is 43.7. The van der Waals surface area contributed by atoms with Crippen molar-refractivity contribution in [2.45, 2.75) is 19.3 Å². The molecule has 0 bridgehead atoms. The zero-order valence-electron chi connectivity index (χ0n) is 22.0. The molecule has 1 aromatic heterocycles. The Morgan fingerprint density at radius 1 is 0.833 bits per heavy atom. The average molecular weight is 637 g/mol. The van der Waals surface area contributed by atoms with Gasteiger partial charge in [0, 0.05) is 51.0 Å². The number of hydrogen-bond acceptors (Lipinski definition) is 4. The zero-order chi connectivity index (χ0) is 30.4. The number of nitrogens with zero attached hydrogens (tertiary/aromatic N) is 1. The van der Waals surface area contributed by atoms with Crippen LogP contribution < -0.4 is 10.6 Å². The third-order valence-corrected chi connectivity index (χ3v) is 6.97. The monoisotopic (exact) mass is 635 g/mol. The standard InChI is InChI=1S/C30H23Cl3F3N3O3/c1-42-16-27(40)37-15-26-19(14-38-29(41)18-2-6-20(7-3-18)30(34,35)36)12-24(23-11-10-22(32)13-25(23)33)28(39-26)17-4-8-21(31)9-5-17/h2-13H,14-16H2,1H3,(H,37,40)(H,38,41). The Labute approximate surface area is 254 Å². The van der Waals surface area contributed by atoms with Crippen molar-refractivity contribution in [2.24, 2.45) is 0 Å². The van der Waals surface area contributed by atoms with Gasteiger partial charge in [0.15, 0.2) is 0 Å². The average Bonchev–Trinajstić information content (AvgIpc) is 2.95. The van der Waals surface area contributed by atoms with Gasteiger partial charge < -0.3 is 15.4 Å². The number of nitrogens with one attached hydrogen (secondary N) is 2.